The second kappa shape index (κ2) is 7.64. The van der Waals surface area contributed by atoms with Crippen molar-refractivity contribution in [2.75, 3.05) is 39.3 Å². The second-order valence-electron chi connectivity index (χ2n) is 6.87. The Morgan fingerprint density at radius 1 is 1.48 bits per heavy atom. The Bertz CT molecular complexity index is 532. The SMILES string of the molecule is CC(C)CN1CCO[C@H](CNC(=O)N2CCc3sccc3C2)C1. The number of morpholine rings is 1. The average molecular weight is 337 g/mol. The lowest BCUT2D eigenvalue weighted by atomic mass is 10.1. The number of urea groups is 1. The van der Waals surface area contributed by atoms with E-state index in [2.05, 4.69) is 35.5 Å². The van der Waals surface area contributed by atoms with Gasteiger partial charge in [-0.25, -0.2) is 4.79 Å². The Morgan fingerprint density at radius 2 is 2.35 bits per heavy atom. The summed E-state index contributed by atoms with van der Waals surface area (Å²) in [6.45, 7) is 10.4. The van der Waals surface area contributed by atoms with E-state index in [0.717, 1.165) is 45.8 Å². The van der Waals surface area contributed by atoms with Crippen LogP contribution in [0.3, 0.4) is 0 Å². The van der Waals surface area contributed by atoms with E-state index in [1.54, 1.807) is 11.3 Å². The third-order valence-electron chi connectivity index (χ3n) is 4.42. The van der Waals surface area contributed by atoms with E-state index in [1.807, 2.05) is 4.90 Å². The van der Waals surface area contributed by atoms with E-state index in [-0.39, 0.29) is 12.1 Å². The van der Waals surface area contributed by atoms with Crippen molar-refractivity contribution in [2.45, 2.75) is 32.9 Å². The third kappa shape index (κ3) is 4.46. The summed E-state index contributed by atoms with van der Waals surface area (Å²) < 4.78 is 5.80. The zero-order valence-corrected chi connectivity index (χ0v) is 14.9. The topological polar surface area (TPSA) is 44.8 Å². The number of fused-ring (bicyclic) bond motifs is 1. The number of nitrogens with one attached hydrogen (secondary N) is 1. The summed E-state index contributed by atoms with van der Waals surface area (Å²) in [4.78, 5) is 18.1. The van der Waals surface area contributed by atoms with Crippen LogP contribution in [0.25, 0.3) is 0 Å². The Labute approximate surface area is 142 Å². The first kappa shape index (κ1) is 16.7. The molecule has 2 amide bonds. The van der Waals surface area contributed by atoms with Gasteiger partial charge in [0.15, 0.2) is 0 Å². The van der Waals surface area contributed by atoms with Crippen LogP contribution in [-0.2, 0) is 17.7 Å². The van der Waals surface area contributed by atoms with Crippen molar-refractivity contribution in [1.29, 1.82) is 0 Å². The van der Waals surface area contributed by atoms with Gasteiger partial charge in [-0.2, -0.15) is 0 Å². The maximum atomic E-state index is 12.4. The Balaban J connectivity index is 1.44. The molecule has 1 fully saturated rings. The minimum Gasteiger partial charge on any atom is -0.374 e. The molecule has 6 heteroatoms. The van der Waals surface area contributed by atoms with Crippen LogP contribution in [0.1, 0.15) is 24.3 Å². The number of nitrogens with zero attached hydrogens (tertiary/aromatic N) is 2. The van der Waals surface area contributed by atoms with E-state index < -0.39 is 0 Å². The van der Waals surface area contributed by atoms with Gasteiger partial charge in [0.25, 0.3) is 0 Å². The lowest BCUT2D eigenvalue weighted by Crippen LogP contribution is -2.50. The molecule has 1 atom stereocenters. The van der Waals surface area contributed by atoms with Gasteiger partial charge >= 0.3 is 6.03 Å². The highest BCUT2D eigenvalue weighted by Gasteiger charge is 2.24. The van der Waals surface area contributed by atoms with Crippen LogP contribution in [0.2, 0.25) is 0 Å². The van der Waals surface area contributed by atoms with Crippen molar-refractivity contribution in [1.82, 2.24) is 15.1 Å². The van der Waals surface area contributed by atoms with Crippen molar-refractivity contribution in [3.63, 3.8) is 0 Å². The van der Waals surface area contributed by atoms with Gasteiger partial charge in [-0.1, -0.05) is 13.8 Å². The largest absolute Gasteiger partial charge is 0.374 e. The maximum Gasteiger partial charge on any atom is 0.317 e. The molecule has 0 radical (unpaired) electrons. The average Bonchev–Trinajstić information content (AvgIpc) is 3.00. The predicted molar refractivity (Wildman–Crippen MR) is 92.8 cm³/mol. The van der Waals surface area contributed by atoms with Gasteiger partial charge in [-0.3, -0.25) is 4.90 Å². The zero-order chi connectivity index (χ0) is 16.2. The number of hydrogen-bond acceptors (Lipinski definition) is 4. The van der Waals surface area contributed by atoms with Crippen molar-refractivity contribution < 1.29 is 9.53 Å². The van der Waals surface area contributed by atoms with Crippen LogP contribution in [-0.4, -0.2) is 61.3 Å². The summed E-state index contributed by atoms with van der Waals surface area (Å²) in [5, 5.41) is 5.17. The number of ether oxygens (including phenoxy) is 1. The summed E-state index contributed by atoms with van der Waals surface area (Å²) in [7, 11) is 0. The molecule has 0 spiro atoms. The summed E-state index contributed by atoms with van der Waals surface area (Å²) in [5.74, 6) is 0.663. The number of rotatable bonds is 4. The standard InChI is InChI=1S/C17H27N3O2S/c1-13(2)10-19-6-7-22-15(12-19)9-18-17(21)20-5-3-16-14(11-20)4-8-23-16/h4,8,13,15H,3,5-7,9-12H2,1-2H3,(H,18,21)/t15-/m1/s1. The number of carbonyl (C=O) groups excluding carboxylic acids is 1. The molecule has 3 rings (SSSR count). The van der Waals surface area contributed by atoms with E-state index in [9.17, 15) is 4.79 Å². The third-order valence-corrected chi connectivity index (χ3v) is 5.45. The molecule has 0 aliphatic carbocycles. The number of amides is 2. The molecular formula is C17H27N3O2S. The monoisotopic (exact) mass is 337 g/mol. The molecule has 128 valence electrons. The number of hydrogen-bond donors (Lipinski definition) is 1. The molecule has 2 aliphatic rings. The highest BCUT2D eigenvalue weighted by molar-refractivity contribution is 7.10. The molecule has 23 heavy (non-hydrogen) atoms. The second-order valence-corrected chi connectivity index (χ2v) is 7.87. The normalized spacial score (nSPS) is 22.2. The van der Waals surface area contributed by atoms with Crippen LogP contribution < -0.4 is 5.32 Å². The molecule has 5 nitrogen and oxygen atoms in total. The zero-order valence-electron chi connectivity index (χ0n) is 14.1. The molecule has 1 saturated heterocycles. The number of carbonyl (C=O) groups is 1. The quantitative estimate of drug-likeness (QED) is 0.916. The highest BCUT2D eigenvalue weighted by atomic mass is 32.1. The fourth-order valence-corrected chi connectivity index (χ4v) is 4.21. The van der Waals surface area contributed by atoms with Gasteiger partial charge in [0.2, 0.25) is 0 Å². The van der Waals surface area contributed by atoms with Gasteiger partial charge < -0.3 is 15.0 Å². The van der Waals surface area contributed by atoms with Gasteiger partial charge in [0.1, 0.15) is 0 Å². The fraction of sp³-hybridized carbons (Fsp3) is 0.706. The molecule has 0 aromatic carbocycles. The molecule has 1 aromatic heterocycles. The van der Waals surface area contributed by atoms with Crippen LogP contribution >= 0.6 is 11.3 Å². The number of thiophene rings is 1. The smallest absolute Gasteiger partial charge is 0.317 e. The van der Waals surface area contributed by atoms with Gasteiger partial charge in [-0.15, -0.1) is 11.3 Å². The Hall–Kier alpha value is -1.11. The Morgan fingerprint density at radius 3 is 3.17 bits per heavy atom. The summed E-state index contributed by atoms with van der Waals surface area (Å²) in [5.41, 5.74) is 1.30. The van der Waals surface area contributed by atoms with Crippen LogP contribution in [0, 0.1) is 5.92 Å². The Kier molecular flexibility index (Phi) is 5.56. The van der Waals surface area contributed by atoms with Crippen molar-refractivity contribution in [2.24, 2.45) is 5.92 Å². The molecule has 0 saturated carbocycles. The summed E-state index contributed by atoms with van der Waals surface area (Å²) in [6.07, 6.45) is 1.08. The van der Waals surface area contributed by atoms with Crippen molar-refractivity contribution >= 4 is 17.4 Å². The van der Waals surface area contributed by atoms with Gasteiger partial charge in [0, 0.05) is 44.1 Å². The molecule has 0 bridgehead atoms. The van der Waals surface area contributed by atoms with E-state index in [1.165, 1.54) is 10.4 Å². The van der Waals surface area contributed by atoms with Crippen molar-refractivity contribution in [3.8, 4) is 0 Å². The van der Waals surface area contributed by atoms with Crippen LogP contribution in [0.15, 0.2) is 11.4 Å². The molecule has 2 aliphatic heterocycles. The molecule has 1 N–H and O–H groups in total. The predicted octanol–water partition coefficient (Wildman–Crippen LogP) is 2.17. The minimum absolute atomic E-state index is 0.0337. The van der Waals surface area contributed by atoms with E-state index in [0.29, 0.717) is 12.5 Å². The first-order valence-electron chi connectivity index (χ1n) is 8.54. The molecule has 1 aromatic rings. The summed E-state index contributed by atoms with van der Waals surface area (Å²) in [6, 6.07) is 2.17. The molecule has 0 unspecified atom stereocenters. The molecular weight excluding hydrogens is 310 g/mol. The fourth-order valence-electron chi connectivity index (χ4n) is 3.32. The van der Waals surface area contributed by atoms with Crippen molar-refractivity contribution in [3.05, 3.63) is 21.9 Å². The highest BCUT2D eigenvalue weighted by Crippen LogP contribution is 2.23. The van der Waals surface area contributed by atoms with E-state index >= 15 is 0 Å². The van der Waals surface area contributed by atoms with Crippen LogP contribution in [0.5, 0.6) is 0 Å². The van der Waals surface area contributed by atoms with Crippen LogP contribution in [0.4, 0.5) is 4.79 Å². The first-order valence-corrected chi connectivity index (χ1v) is 9.41. The lowest BCUT2D eigenvalue weighted by molar-refractivity contribution is -0.0294. The minimum atomic E-state index is 0.0337. The van der Waals surface area contributed by atoms with E-state index in [4.69, 9.17) is 4.74 Å². The maximum absolute atomic E-state index is 12.4. The summed E-state index contributed by atoms with van der Waals surface area (Å²) >= 11 is 1.80. The van der Waals surface area contributed by atoms with Gasteiger partial charge in [-0.05, 0) is 29.3 Å². The molecule has 3 heterocycles. The lowest BCUT2D eigenvalue weighted by Gasteiger charge is -2.34. The van der Waals surface area contributed by atoms with Gasteiger partial charge in [0.05, 0.1) is 12.7 Å². The first-order chi connectivity index (χ1) is 11.1.